The second-order valence-corrected chi connectivity index (χ2v) is 6.77. The zero-order valence-electron chi connectivity index (χ0n) is 14.6. The Hall–Kier alpha value is -1.62. The number of guanidine groups is 1. The molecule has 3 rings (SSSR count). The summed E-state index contributed by atoms with van der Waals surface area (Å²) in [6, 6.07) is 7.02. The minimum atomic E-state index is -0.172. The number of likely N-dealkylation sites (tertiary alicyclic amines) is 1. The van der Waals surface area contributed by atoms with Gasteiger partial charge in [-0.2, -0.15) is 0 Å². The zero-order chi connectivity index (χ0) is 16.8. The van der Waals surface area contributed by atoms with E-state index in [9.17, 15) is 4.39 Å². The lowest BCUT2D eigenvalue weighted by atomic mass is 9.74. The normalized spacial score (nSPS) is 21.1. The van der Waals surface area contributed by atoms with E-state index in [0.29, 0.717) is 19.8 Å². The van der Waals surface area contributed by atoms with E-state index in [1.165, 1.54) is 18.9 Å². The summed E-state index contributed by atoms with van der Waals surface area (Å²) >= 11 is 0. The van der Waals surface area contributed by atoms with Crippen molar-refractivity contribution in [2.75, 3.05) is 39.4 Å². The molecule has 4 nitrogen and oxygen atoms in total. The van der Waals surface area contributed by atoms with Gasteiger partial charge in [0.15, 0.2) is 5.96 Å². The van der Waals surface area contributed by atoms with Gasteiger partial charge in [-0.1, -0.05) is 12.1 Å². The maximum Gasteiger partial charge on any atom is 0.193 e. The first-order chi connectivity index (χ1) is 11.7. The summed E-state index contributed by atoms with van der Waals surface area (Å²) in [7, 11) is 0. The maximum absolute atomic E-state index is 13.8. The summed E-state index contributed by atoms with van der Waals surface area (Å²) in [6.07, 6.45) is 4.24. The Labute approximate surface area is 144 Å². The minimum absolute atomic E-state index is 0.124. The van der Waals surface area contributed by atoms with Crippen LogP contribution in [0.4, 0.5) is 4.39 Å². The van der Waals surface area contributed by atoms with Crippen molar-refractivity contribution in [1.29, 1.82) is 0 Å². The molecule has 0 amide bonds. The topological polar surface area (TPSA) is 36.9 Å². The monoisotopic (exact) mass is 333 g/mol. The van der Waals surface area contributed by atoms with Crippen LogP contribution in [0.25, 0.3) is 0 Å². The van der Waals surface area contributed by atoms with Crippen LogP contribution in [0.5, 0.6) is 0 Å². The number of nitrogens with one attached hydrogen (secondary N) is 1. The third-order valence-corrected chi connectivity index (χ3v) is 5.16. The molecule has 132 valence electrons. The molecule has 1 aromatic rings. The number of benzene rings is 1. The van der Waals surface area contributed by atoms with Gasteiger partial charge in [0.2, 0.25) is 0 Å². The van der Waals surface area contributed by atoms with E-state index < -0.39 is 0 Å². The molecule has 2 fully saturated rings. The van der Waals surface area contributed by atoms with Crippen molar-refractivity contribution >= 4 is 5.96 Å². The number of nitrogens with zero attached hydrogens (tertiary/aromatic N) is 2. The van der Waals surface area contributed by atoms with Crippen LogP contribution < -0.4 is 5.32 Å². The van der Waals surface area contributed by atoms with Crippen molar-refractivity contribution < 1.29 is 9.13 Å². The molecule has 0 aromatic heterocycles. The summed E-state index contributed by atoms with van der Waals surface area (Å²) in [5, 5.41) is 3.41. The zero-order valence-corrected chi connectivity index (χ0v) is 14.6. The van der Waals surface area contributed by atoms with E-state index in [1.807, 2.05) is 6.07 Å². The number of ether oxygens (including phenoxy) is 1. The highest BCUT2D eigenvalue weighted by molar-refractivity contribution is 5.80. The Morgan fingerprint density at radius 2 is 2.04 bits per heavy atom. The fraction of sp³-hybridized carbons (Fsp3) is 0.632. The summed E-state index contributed by atoms with van der Waals surface area (Å²) in [5.41, 5.74) is 0.924. The van der Waals surface area contributed by atoms with Gasteiger partial charge in [0.25, 0.3) is 0 Å². The largest absolute Gasteiger partial charge is 0.381 e. The number of halogens is 1. The standard InChI is InChI=1S/C19H28FN3O/c1-2-21-18(23-10-3-4-11-23)22-15-19(8-12-24-13-9-19)16-6-5-7-17(20)14-16/h5-7,14H,2-4,8-13,15H2,1H3,(H,21,22). The van der Waals surface area contributed by atoms with Gasteiger partial charge < -0.3 is 15.0 Å². The fourth-order valence-corrected chi connectivity index (χ4v) is 3.70. The van der Waals surface area contributed by atoms with Crippen molar-refractivity contribution in [2.45, 2.75) is 38.0 Å². The van der Waals surface area contributed by atoms with Gasteiger partial charge in [-0.3, -0.25) is 4.99 Å². The lowest BCUT2D eigenvalue weighted by Crippen LogP contribution is -2.42. The smallest absolute Gasteiger partial charge is 0.193 e. The van der Waals surface area contributed by atoms with Gasteiger partial charge in [0.1, 0.15) is 5.82 Å². The summed E-state index contributed by atoms with van der Waals surface area (Å²) < 4.78 is 19.3. The molecule has 2 aliphatic rings. The molecule has 0 aliphatic carbocycles. The second kappa shape index (κ2) is 7.97. The van der Waals surface area contributed by atoms with Crippen molar-refractivity contribution in [3.63, 3.8) is 0 Å². The van der Waals surface area contributed by atoms with Crippen LogP contribution in [0.2, 0.25) is 0 Å². The van der Waals surface area contributed by atoms with E-state index in [2.05, 4.69) is 17.1 Å². The van der Waals surface area contributed by atoms with Gasteiger partial charge in [-0.05, 0) is 50.3 Å². The molecule has 1 N–H and O–H groups in total. The molecule has 2 heterocycles. The predicted molar refractivity (Wildman–Crippen MR) is 94.9 cm³/mol. The molecule has 0 bridgehead atoms. The van der Waals surface area contributed by atoms with E-state index in [1.54, 1.807) is 12.1 Å². The quantitative estimate of drug-likeness (QED) is 0.680. The Morgan fingerprint density at radius 3 is 2.71 bits per heavy atom. The van der Waals surface area contributed by atoms with Gasteiger partial charge in [0.05, 0.1) is 6.54 Å². The van der Waals surface area contributed by atoms with Crippen molar-refractivity contribution in [3.8, 4) is 0 Å². The predicted octanol–water partition coefficient (Wildman–Crippen LogP) is 2.94. The number of hydrogen-bond donors (Lipinski definition) is 1. The van der Waals surface area contributed by atoms with Gasteiger partial charge in [-0.15, -0.1) is 0 Å². The van der Waals surface area contributed by atoms with E-state index >= 15 is 0 Å². The molecular weight excluding hydrogens is 305 g/mol. The molecular formula is C19H28FN3O. The lowest BCUT2D eigenvalue weighted by Gasteiger charge is -2.37. The van der Waals surface area contributed by atoms with Crippen LogP contribution in [0, 0.1) is 5.82 Å². The van der Waals surface area contributed by atoms with Crippen LogP contribution in [0.1, 0.15) is 38.2 Å². The van der Waals surface area contributed by atoms with Crippen molar-refractivity contribution in [2.24, 2.45) is 4.99 Å². The Kier molecular flexibility index (Phi) is 5.72. The average Bonchev–Trinajstić information content (AvgIpc) is 3.14. The number of rotatable bonds is 4. The SMILES string of the molecule is CCNC(=NCC1(c2cccc(F)c2)CCOCC1)N1CCCC1. The van der Waals surface area contributed by atoms with Gasteiger partial charge in [0, 0.05) is 38.3 Å². The third kappa shape index (κ3) is 3.89. The Balaban J connectivity index is 1.84. The summed E-state index contributed by atoms with van der Waals surface area (Å²) in [5.74, 6) is 0.825. The molecule has 0 spiro atoms. The van der Waals surface area contributed by atoms with Gasteiger partial charge in [-0.25, -0.2) is 4.39 Å². The molecule has 5 heteroatoms. The molecule has 2 saturated heterocycles. The number of aliphatic imine (C=N–C) groups is 1. The van der Waals surface area contributed by atoms with Crippen LogP contribution in [0.15, 0.2) is 29.3 Å². The summed E-state index contributed by atoms with van der Waals surface area (Å²) in [6.45, 7) is 7.22. The molecule has 0 radical (unpaired) electrons. The molecule has 2 aliphatic heterocycles. The molecule has 0 unspecified atom stereocenters. The highest BCUT2D eigenvalue weighted by Crippen LogP contribution is 2.35. The van der Waals surface area contributed by atoms with Crippen LogP contribution in [0.3, 0.4) is 0 Å². The minimum Gasteiger partial charge on any atom is -0.381 e. The van der Waals surface area contributed by atoms with Crippen LogP contribution >= 0.6 is 0 Å². The molecule has 0 atom stereocenters. The number of hydrogen-bond acceptors (Lipinski definition) is 2. The summed E-state index contributed by atoms with van der Waals surface area (Å²) in [4.78, 5) is 7.29. The highest BCUT2D eigenvalue weighted by Gasteiger charge is 2.35. The van der Waals surface area contributed by atoms with Crippen molar-refractivity contribution in [1.82, 2.24) is 10.2 Å². The van der Waals surface area contributed by atoms with Crippen LogP contribution in [-0.4, -0.2) is 50.3 Å². The molecule has 1 aromatic carbocycles. The maximum atomic E-state index is 13.8. The first-order valence-electron chi connectivity index (χ1n) is 9.10. The van der Waals surface area contributed by atoms with E-state index in [4.69, 9.17) is 9.73 Å². The first kappa shape index (κ1) is 17.2. The van der Waals surface area contributed by atoms with Gasteiger partial charge >= 0.3 is 0 Å². The van der Waals surface area contributed by atoms with E-state index in [-0.39, 0.29) is 11.2 Å². The molecule has 0 saturated carbocycles. The van der Waals surface area contributed by atoms with E-state index in [0.717, 1.165) is 44.0 Å². The fourth-order valence-electron chi connectivity index (χ4n) is 3.70. The Bertz CT molecular complexity index is 563. The lowest BCUT2D eigenvalue weighted by molar-refractivity contribution is 0.0529. The second-order valence-electron chi connectivity index (χ2n) is 6.77. The first-order valence-corrected chi connectivity index (χ1v) is 9.10. The Morgan fingerprint density at radius 1 is 1.29 bits per heavy atom. The molecule has 24 heavy (non-hydrogen) atoms. The van der Waals surface area contributed by atoms with Crippen molar-refractivity contribution in [3.05, 3.63) is 35.6 Å². The average molecular weight is 333 g/mol. The third-order valence-electron chi connectivity index (χ3n) is 5.16. The highest BCUT2D eigenvalue weighted by atomic mass is 19.1. The van der Waals surface area contributed by atoms with Crippen LogP contribution in [-0.2, 0) is 10.2 Å².